The van der Waals surface area contributed by atoms with Gasteiger partial charge in [-0.3, -0.25) is 0 Å². The Morgan fingerprint density at radius 3 is 2.75 bits per heavy atom. The molecule has 0 saturated heterocycles. The number of hydrogen-bond donors (Lipinski definition) is 1. The van der Waals surface area contributed by atoms with Crippen molar-refractivity contribution in [3.63, 3.8) is 0 Å². The predicted octanol–water partition coefficient (Wildman–Crippen LogP) is 4.28. The van der Waals surface area contributed by atoms with E-state index in [1.54, 1.807) is 0 Å². The van der Waals surface area contributed by atoms with E-state index in [9.17, 15) is 0 Å². The maximum absolute atomic E-state index is 5.32. The molecule has 0 spiro atoms. The molecule has 0 saturated carbocycles. The third-order valence-corrected chi connectivity index (χ3v) is 3.55. The second-order valence-corrected chi connectivity index (χ2v) is 5.29. The van der Waals surface area contributed by atoms with Gasteiger partial charge in [0, 0.05) is 21.4 Å². The molecule has 0 fully saturated rings. The summed E-state index contributed by atoms with van der Waals surface area (Å²) in [5.74, 6) is 2.69. The van der Waals surface area contributed by atoms with E-state index < -0.39 is 0 Å². The lowest BCUT2D eigenvalue weighted by atomic mass is 10.0. The molecular formula is C13H15Br2N. The Morgan fingerprint density at radius 2 is 2.19 bits per heavy atom. The minimum Gasteiger partial charge on any atom is -0.310 e. The summed E-state index contributed by atoms with van der Waals surface area (Å²) >= 11 is 7.04. The van der Waals surface area contributed by atoms with Crippen molar-refractivity contribution in [3.05, 3.63) is 32.7 Å². The number of rotatable bonds is 5. The molecule has 1 aromatic rings. The van der Waals surface area contributed by atoms with Gasteiger partial charge in [0.15, 0.2) is 0 Å². The monoisotopic (exact) mass is 343 g/mol. The molecule has 0 amide bonds. The number of terminal acetylenes is 1. The molecule has 0 bridgehead atoms. The van der Waals surface area contributed by atoms with Crippen molar-refractivity contribution in [1.82, 2.24) is 5.32 Å². The Morgan fingerprint density at radius 1 is 1.44 bits per heavy atom. The van der Waals surface area contributed by atoms with Gasteiger partial charge in [0.1, 0.15) is 0 Å². The average molecular weight is 345 g/mol. The first kappa shape index (κ1) is 13.8. The van der Waals surface area contributed by atoms with E-state index in [4.69, 9.17) is 6.42 Å². The normalized spacial score (nSPS) is 12.1. The molecule has 0 heterocycles. The topological polar surface area (TPSA) is 12.0 Å². The summed E-state index contributed by atoms with van der Waals surface area (Å²) in [7, 11) is 0. The highest BCUT2D eigenvalue weighted by atomic mass is 79.9. The Hall–Kier alpha value is -0.300. The van der Waals surface area contributed by atoms with Crippen molar-refractivity contribution in [2.45, 2.75) is 25.8 Å². The third kappa shape index (κ3) is 3.93. The summed E-state index contributed by atoms with van der Waals surface area (Å²) in [6, 6.07) is 6.57. The summed E-state index contributed by atoms with van der Waals surface area (Å²) in [4.78, 5) is 0. The van der Waals surface area contributed by atoms with Crippen LogP contribution >= 0.6 is 31.9 Å². The SMILES string of the molecule is C#CCCC(NCC)c1ccc(Br)cc1Br. The van der Waals surface area contributed by atoms with E-state index in [1.165, 1.54) is 5.56 Å². The van der Waals surface area contributed by atoms with Gasteiger partial charge in [-0.25, -0.2) is 0 Å². The van der Waals surface area contributed by atoms with Crippen molar-refractivity contribution in [1.29, 1.82) is 0 Å². The van der Waals surface area contributed by atoms with Crippen LogP contribution in [-0.4, -0.2) is 6.54 Å². The van der Waals surface area contributed by atoms with Crippen LogP contribution in [-0.2, 0) is 0 Å². The molecule has 1 unspecified atom stereocenters. The molecule has 1 atom stereocenters. The molecule has 0 radical (unpaired) electrons. The molecule has 1 aromatic carbocycles. The molecular weight excluding hydrogens is 330 g/mol. The van der Waals surface area contributed by atoms with Crippen LogP contribution in [0, 0.1) is 12.3 Å². The summed E-state index contributed by atoms with van der Waals surface area (Å²) in [6.07, 6.45) is 7.07. The lowest BCUT2D eigenvalue weighted by Crippen LogP contribution is -2.21. The number of hydrogen-bond acceptors (Lipinski definition) is 1. The van der Waals surface area contributed by atoms with E-state index >= 15 is 0 Å². The van der Waals surface area contributed by atoms with Gasteiger partial charge in [-0.15, -0.1) is 12.3 Å². The quantitative estimate of drug-likeness (QED) is 0.786. The maximum atomic E-state index is 5.32. The zero-order valence-corrected chi connectivity index (χ0v) is 12.4. The molecule has 86 valence electrons. The van der Waals surface area contributed by atoms with Crippen LogP contribution in [0.3, 0.4) is 0 Å². The summed E-state index contributed by atoms with van der Waals surface area (Å²) in [5.41, 5.74) is 1.26. The van der Waals surface area contributed by atoms with Crippen molar-refractivity contribution in [3.8, 4) is 12.3 Å². The predicted molar refractivity (Wildman–Crippen MR) is 76.3 cm³/mol. The molecule has 0 aromatic heterocycles. The van der Waals surface area contributed by atoms with Gasteiger partial charge < -0.3 is 5.32 Å². The Kier molecular flexibility index (Phi) is 6.12. The van der Waals surface area contributed by atoms with Gasteiger partial charge in [0.2, 0.25) is 0 Å². The molecule has 16 heavy (non-hydrogen) atoms. The van der Waals surface area contributed by atoms with Crippen LogP contribution in [0.15, 0.2) is 27.1 Å². The first-order chi connectivity index (χ1) is 7.69. The molecule has 1 nitrogen and oxygen atoms in total. The highest BCUT2D eigenvalue weighted by Crippen LogP contribution is 2.29. The Balaban J connectivity index is 2.87. The number of nitrogens with one attached hydrogen (secondary N) is 1. The van der Waals surface area contributed by atoms with Crippen molar-refractivity contribution in [2.75, 3.05) is 6.54 Å². The van der Waals surface area contributed by atoms with Crippen LogP contribution < -0.4 is 5.32 Å². The smallest absolute Gasteiger partial charge is 0.0340 e. The first-order valence-electron chi connectivity index (χ1n) is 5.30. The summed E-state index contributed by atoms with van der Waals surface area (Å²) in [5, 5.41) is 3.45. The highest BCUT2D eigenvalue weighted by molar-refractivity contribution is 9.11. The standard InChI is InChI=1S/C13H15Br2N/c1-3-5-6-13(16-4-2)11-8-7-10(14)9-12(11)15/h1,7-9,13,16H,4-6H2,2H3. The molecule has 0 aliphatic rings. The second kappa shape index (κ2) is 7.11. The molecule has 0 aliphatic carbocycles. The fourth-order valence-electron chi connectivity index (χ4n) is 1.63. The zero-order valence-electron chi connectivity index (χ0n) is 9.26. The third-order valence-electron chi connectivity index (χ3n) is 2.37. The van der Waals surface area contributed by atoms with Crippen LogP contribution in [0.1, 0.15) is 31.4 Å². The van der Waals surface area contributed by atoms with Gasteiger partial charge in [-0.05, 0) is 30.7 Å². The average Bonchev–Trinajstić information content (AvgIpc) is 2.25. The van der Waals surface area contributed by atoms with Crippen molar-refractivity contribution < 1.29 is 0 Å². The lowest BCUT2D eigenvalue weighted by Gasteiger charge is -2.19. The van der Waals surface area contributed by atoms with Crippen LogP contribution in [0.25, 0.3) is 0 Å². The van der Waals surface area contributed by atoms with Crippen molar-refractivity contribution in [2.24, 2.45) is 0 Å². The fourth-order valence-corrected chi connectivity index (χ4v) is 2.95. The maximum Gasteiger partial charge on any atom is 0.0340 e. The van der Waals surface area contributed by atoms with Crippen LogP contribution in [0.5, 0.6) is 0 Å². The lowest BCUT2D eigenvalue weighted by molar-refractivity contribution is 0.521. The van der Waals surface area contributed by atoms with E-state index in [-0.39, 0.29) is 0 Å². The van der Waals surface area contributed by atoms with Crippen LogP contribution in [0.2, 0.25) is 0 Å². The summed E-state index contributed by atoms with van der Waals surface area (Å²) in [6.45, 7) is 3.05. The Labute approximate surface area is 114 Å². The number of benzene rings is 1. The largest absolute Gasteiger partial charge is 0.310 e. The van der Waals surface area contributed by atoms with E-state index in [2.05, 4.69) is 68.2 Å². The van der Waals surface area contributed by atoms with Gasteiger partial charge in [-0.2, -0.15) is 0 Å². The van der Waals surface area contributed by atoms with Crippen molar-refractivity contribution >= 4 is 31.9 Å². The Bertz CT molecular complexity index is 382. The minimum absolute atomic E-state index is 0.323. The zero-order chi connectivity index (χ0) is 12.0. The van der Waals surface area contributed by atoms with Gasteiger partial charge >= 0.3 is 0 Å². The molecule has 3 heteroatoms. The van der Waals surface area contributed by atoms with Crippen LogP contribution in [0.4, 0.5) is 0 Å². The van der Waals surface area contributed by atoms with E-state index in [0.29, 0.717) is 6.04 Å². The van der Waals surface area contributed by atoms with Gasteiger partial charge in [0.05, 0.1) is 0 Å². The molecule has 1 rings (SSSR count). The first-order valence-corrected chi connectivity index (χ1v) is 6.89. The van der Waals surface area contributed by atoms with E-state index in [1.807, 2.05) is 0 Å². The van der Waals surface area contributed by atoms with Gasteiger partial charge in [0.25, 0.3) is 0 Å². The molecule has 1 N–H and O–H groups in total. The highest BCUT2D eigenvalue weighted by Gasteiger charge is 2.12. The molecule has 0 aliphatic heterocycles. The fraction of sp³-hybridized carbons (Fsp3) is 0.385. The summed E-state index contributed by atoms with van der Waals surface area (Å²) < 4.78 is 2.19. The van der Waals surface area contributed by atoms with E-state index in [0.717, 1.165) is 28.3 Å². The minimum atomic E-state index is 0.323. The second-order valence-electron chi connectivity index (χ2n) is 3.52. The van der Waals surface area contributed by atoms with Gasteiger partial charge in [-0.1, -0.05) is 44.8 Å². The number of halogens is 2.